The third-order valence-electron chi connectivity index (χ3n) is 4.68. The largest absolute Gasteiger partial charge is 0.324 e. The molecule has 2 aromatic carbocycles. The molecule has 1 aliphatic heterocycles. The van der Waals surface area contributed by atoms with Gasteiger partial charge in [0.05, 0.1) is 6.54 Å². The van der Waals surface area contributed by atoms with Crippen molar-refractivity contribution in [3.05, 3.63) is 63.9 Å². The van der Waals surface area contributed by atoms with Gasteiger partial charge in [-0.2, -0.15) is 17.0 Å². The van der Waals surface area contributed by atoms with Crippen LogP contribution < -0.4 is 5.32 Å². The highest BCUT2D eigenvalue weighted by atomic mass is 35.5. The fraction of sp³-hybridized carbons (Fsp3) is 0.316. The Morgan fingerprint density at radius 1 is 1.14 bits per heavy atom. The molecule has 150 valence electrons. The molecule has 1 amide bonds. The Morgan fingerprint density at radius 2 is 1.79 bits per heavy atom. The maximum absolute atomic E-state index is 13.2. The average Bonchev–Trinajstić information content (AvgIpc) is 2.88. The zero-order valence-electron chi connectivity index (χ0n) is 15.6. The number of carbonyl (C=O) groups is 1. The van der Waals surface area contributed by atoms with Crippen LogP contribution in [0.25, 0.3) is 0 Å². The van der Waals surface area contributed by atoms with E-state index in [1.165, 1.54) is 16.4 Å². The first-order valence-electron chi connectivity index (χ1n) is 8.73. The molecule has 28 heavy (non-hydrogen) atoms. The second-order valence-electron chi connectivity index (χ2n) is 6.73. The van der Waals surface area contributed by atoms with E-state index in [0.717, 1.165) is 21.5 Å². The summed E-state index contributed by atoms with van der Waals surface area (Å²) < 4.78 is 41.1. The molecule has 0 radical (unpaired) electrons. The Hall–Kier alpha value is -2.00. The van der Waals surface area contributed by atoms with Crippen LogP contribution in [0.1, 0.15) is 16.7 Å². The summed E-state index contributed by atoms with van der Waals surface area (Å²) in [5, 5.41) is 2.96. The number of nitrogens with one attached hydrogen (secondary N) is 1. The van der Waals surface area contributed by atoms with Gasteiger partial charge in [-0.1, -0.05) is 35.9 Å². The summed E-state index contributed by atoms with van der Waals surface area (Å²) in [4.78, 5) is 12.4. The van der Waals surface area contributed by atoms with E-state index in [-0.39, 0.29) is 31.2 Å². The van der Waals surface area contributed by atoms with Gasteiger partial charge in [0, 0.05) is 30.3 Å². The summed E-state index contributed by atoms with van der Waals surface area (Å²) in [5.74, 6) is -0.884. The molecule has 0 aliphatic carbocycles. The van der Waals surface area contributed by atoms with Crippen LogP contribution in [-0.4, -0.2) is 42.6 Å². The van der Waals surface area contributed by atoms with Gasteiger partial charge >= 0.3 is 0 Å². The summed E-state index contributed by atoms with van der Waals surface area (Å²) in [6, 6.07) is 9.49. The molecular formula is C19H21ClFN3O3S. The number of para-hydroxylation sites is 1. The van der Waals surface area contributed by atoms with Crippen molar-refractivity contribution >= 4 is 33.4 Å². The molecule has 0 spiro atoms. The minimum absolute atomic E-state index is 0.0243. The van der Waals surface area contributed by atoms with Gasteiger partial charge in [0.15, 0.2) is 0 Å². The van der Waals surface area contributed by atoms with Crippen LogP contribution >= 0.6 is 11.6 Å². The first kappa shape index (κ1) is 20.7. The van der Waals surface area contributed by atoms with E-state index in [4.69, 9.17) is 11.6 Å². The van der Waals surface area contributed by atoms with Crippen LogP contribution in [0.4, 0.5) is 10.1 Å². The fourth-order valence-electron chi connectivity index (χ4n) is 3.13. The van der Waals surface area contributed by atoms with Crippen molar-refractivity contribution in [1.82, 2.24) is 8.61 Å². The Kier molecular flexibility index (Phi) is 6.04. The molecule has 0 aromatic heterocycles. The monoisotopic (exact) mass is 425 g/mol. The van der Waals surface area contributed by atoms with E-state index in [9.17, 15) is 17.6 Å². The number of amides is 1. The third-order valence-corrected chi connectivity index (χ3v) is 6.96. The van der Waals surface area contributed by atoms with Gasteiger partial charge in [0.1, 0.15) is 5.82 Å². The molecule has 1 aliphatic rings. The predicted molar refractivity (Wildman–Crippen MR) is 107 cm³/mol. The summed E-state index contributed by atoms with van der Waals surface area (Å²) in [6.07, 6.45) is 0. The Bertz CT molecular complexity index is 993. The van der Waals surface area contributed by atoms with Crippen molar-refractivity contribution in [2.24, 2.45) is 0 Å². The first-order chi connectivity index (χ1) is 13.2. The van der Waals surface area contributed by atoms with E-state index in [0.29, 0.717) is 11.3 Å². The van der Waals surface area contributed by atoms with Gasteiger partial charge in [-0.3, -0.25) is 4.79 Å². The molecule has 1 fully saturated rings. The van der Waals surface area contributed by atoms with Gasteiger partial charge in [-0.15, -0.1) is 0 Å². The number of benzene rings is 2. The number of halogens is 2. The van der Waals surface area contributed by atoms with E-state index < -0.39 is 21.9 Å². The van der Waals surface area contributed by atoms with Crippen molar-refractivity contribution in [2.75, 3.05) is 25.0 Å². The van der Waals surface area contributed by atoms with Crippen molar-refractivity contribution in [3.8, 4) is 0 Å². The van der Waals surface area contributed by atoms with Crippen molar-refractivity contribution in [2.45, 2.75) is 20.4 Å². The number of rotatable bonds is 5. The Morgan fingerprint density at radius 3 is 2.43 bits per heavy atom. The number of carbonyl (C=O) groups excluding carboxylic acids is 1. The lowest BCUT2D eigenvalue weighted by molar-refractivity contribution is -0.116. The molecule has 0 atom stereocenters. The highest BCUT2D eigenvalue weighted by Gasteiger charge is 2.37. The second kappa shape index (κ2) is 8.16. The first-order valence-corrected chi connectivity index (χ1v) is 10.5. The van der Waals surface area contributed by atoms with E-state index >= 15 is 0 Å². The molecule has 1 saturated heterocycles. The van der Waals surface area contributed by atoms with E-state index in [2.05, 4.69) is 5.32 Å². The summed E-state index contributed by atoms with van der Waals surface area (Å²) in [6.45, 7) is 3.93. The number of hydrogen-bond acceptors (Lipinski definition) is 3. The molecule has 0 unspecified atom stereocenters. The molecule has 6 nitrogen and oxygen atoms in total. The molecule has 1 N–H and O–H groups in total. The zero-order chi connectivity index (χ0) is 20.5. The van der Waals surface area contributed by atoms with Crippen LogP contribution in [-0.2, 0) is 21.5 Å². The topological polar surface area (TPSA) is 69.7 Å². The van der Waals surface area contributed by atoms with Crippen LogP contribution in [0.5, 0.6) is 0 Å². The standard InChI is InChI=1S/C19H21ClFN3O3S/c1-13-4-3-5-14(2)19(13)22-18(25)12-24-9-8-23(28(24,26)27)11-15-6-7-16(21)10-17(15)20/h3-7,10H,8-9,11-12H2,1-2H3,(H,22,25). The van der Waals surface area contributed by atoms with Gasteiger partial charge in [-0.25, -0.2) is 4.39 Å². The van der Waals surface area contributed by atoms with E-state index in [1.54, 1.807) is 0 Å². The quantitative estimate of drug-likeness (QED) is 0.800. The number of hydrogen-bond donors (Lipinski definition) is 1. The highest BCUT2D eigenvalue weighted by molar-refractivity contribution is 7.87. The van der Waals surface area contributed by atoms with Gasteiger partial charge in [0.2, 0.25) is 5.91 Å². The van der Waals surface area contributed by atoms with Crippen LogP contribution in [0.15, 0.2) is 36.4 Å². The Balaban J connectivity index is 1.68. The minimum Gasteiger partial charge on any atom is -0.324 e. The van der Waals surface area contributed by atoms with Crippen LogP contribution in [0.2, 0.25) is 5.02 Å². The minimum atomic E-state index is -3.81. The maximum atomic E-state index is 13.2. The summed E-state index contributed by atoms with van der Waals surface area (Å²) >= 11 is 6.00. The van der Waals surface area contributed by atoms with Gasteiger partial charge in [-0.05, 0) is 42.7 Å². The number of nitrogens with zero attached hydrogens (tertiary/aromatic N) is 2. The van der Waals surface area contributed by atoms with E-state index in [1.807, 2.05) is 32.0 Å². The van der Waals surface area contributed by atoms with Crippen LogP contribution in [0.3, 0.4) is 0 Å². The molecule has 0 bridgehead atoms. The molecule has 1 heterocycles. The lowest BCUT2D eigenvalue weighted by Gasteiger charge is -2.19. The third kappa shape index (κ3) is 4.35. The fourth-order valence-corrected chi connectivity index (χ4v) is 4.89. The molecule has 9 heteroatoms. The van der Waals surface area contributed by atoms with Crippen molar-refractivity contribution in [1.29, 1.82) is 0 Å². The SMILES string of the molecule is Cc1cccc(C)c1NC(=O)CN1CCN(Cc2ccc(F)cc2Cl)S1(=O)=O. The smallest absolute Gasteiger partial charge is 0.282 e. The molecule has 2 aromatic rings. The molecular weight excluding hydrogens is 405 g/mol. The number of aryl methyl sites for hydroxylation is 2. The van der Waals surface area contributed by atoms with Crippen LogP contribution in [0, 0.1) is 19.7 Å². The summed E-state index contributed by atoms with van der Waals surface area (Å²) in [7, 11) is -3.81. The zero-order valence-corrected chi connectivity index (χ0v) is 17.1. The maximum Gasteiger partial charge on any atom is 0.282 e. The summed E-state index contributed by atoms with van der Waals surface area (Å²) in [5.41, 5.74) is 3.02. The highest BCUT2D eigenvalue weighted by Crippen LogP contribution is 2.25. The van der Waals surface area contributed by atoms with Crippen molar-refractivity contribution in [3.63, 3.8) is 0 Å². The lowest BCUT2D eigenvalue weighted by atomic mass is 10.1. The average molecular weight is 426 g/mol. The van der Waals surface area contributed by atoms with Crippen molar-refractivity contribution < 1.29 is 17.6 Å². The van der Waals surface area contributed by atoms with Gasteiger partial charge in [0.25, 0.3) is 10.2 Å². The Labute approximate surface area is 169 Å². The molecule has 3 rings (SSSR count). The number of anilines is 1. The predicted octanol–water partition coefficient (Wildman–Crippen LogP) is 3.10. The second-order valence-corrected chi connectivity index (χ2v) is 9.06. The molecule has 0 saturated carbocycles. The lowest BCUT2D eigenvalue weighted by Crippen LogP contribution is -2.38. The van der Waals surface area contributed by atoms with Gasteiger partial charge < -0.3 is 5.32 Å². The normalized spacial score (nSPS) is 17.0.